The van der Waals surface area contributed by atoms with Crippen molar-refractivity contribution in [2.45, 2.75) is 26.8 Å². The van der Waals surface area contributed by atoms with Crippen LogP contribution in [0.5, 0.6) is 0 Å². The zero-order chi connectivity index (χ0) is 11.4. The molecule has 1 aromatic heterocycles. The minimum atomic E-state index is 0.247. The van der Waals surface area contributed by atoms with Crippen LogP contribution >= 0.6 is 27.5 Å². The fourth-order valence-electron chi connectivity index (χ4n) is 1.20. The van der Waals surface area contributed by atoms with Crippen molar-refractivity contribution in [3.8, 4) is 0 Å². The first-order valence-electron chi connectivity index (χ1n) is 5.00. The van der Waals surface area contributed by atoms with Crippen LogP contribution in [0, 0.1) is 12.8 Å². The molecule has 4 heteroatoms. The summed E-state index contributed by atoms with van der Waals surface area (Å²) in [4.78, 5) is 4.29. The molecule has 0 fully saturated rings. The Hall–Kier alpha value is -0.280. The predicted molar refractivity (Wildman–Crippen MR) is 69.6 cm³/mol. The Morgan fingerprint density at radius 2 is 2.20 bits per heavy atom. The molecule has 15 heavy (non-hydrogen) atoms. The number of hydrogen-bond donors (Lipinski definition) is 1. The molecule has 0 radical (unpaired) electrons. The van der Waals surface area contributed by atoms with Gasteiger partial charge in [-0.05, 0) is 40.4 Å². The fraction of sp³-hybridized carbons (Fsp3) is 0.545. The average molecular weight is 292 g/mol. The van der Waals surface area contributed by atoms with E-state index in [1.165, 1.54) is 5.56 Å². The summed E-state index contributed by atoms with van der Waals surface area (Å²) < 4.78 is 1.01. The molecule has 0 saturated carbocycles. The van der Waals surface area contributed by atoms with Gasteiger partial charge in [0.15, 0.2) is 0 Å². The Morgan fingerprint density at radius 3 is 2.73 bits per heavy atom. The number of rotatable bonds is 4. The summed E-state index contributed by atoms with van der Waals surface area (Å²) in [6.45, 7) is 6.33. The van der Waals surface area contributed by atoms with E-state index >= 15 is 0 Å². The number of nitrogens with zero attached hydrogens (tertiary/aromatic N) is 1. The quantitative estimate of drug-likeness (QED) is 0.853. The highest BCUT2D eigenvalue weighted by Crippen LogP contribution is 2.25. The summed E-state index contributed by atoms with van der Waals surface area (Å²) in [5, 5.41) is 3.35. The third-order valence-corrected chi connectivity index (χ3v) is 3.71. The van der Waals surface area contributed by atoms with Gasteiger partial charge in [0.1, 0.15) is 5.82 Å². The Kier molecular flexibility index (Phi) is 4.87. The van der Waals surface area contributed by atoms with Crippen molar-refractivity contribution in [3.05, 3.63) is 22.3 Å². The van der Waals surface area contributed by atoms with Crippen molar-refractivity contribution >= 4 is 33.3 Å². The normalized spacial score (nSPS) is 12.9. The van der Waals surface area contributed by atoms with Gasteiger partial charge in [-0.3, -0.25) is 0 Å². The van der Waals surface area contributed by atoms with Crippen LogP contribution in [0.1, 0.15) is 19.4 Å². The smallest absolute Gasteiger partial charge is 0.140 e. The van der Waals surface area contributed by atoms with Crippen molar-refractivity contribution in [2.75, 3.05) is 11.2 Å². The van der Waals surface area contributed by atoms with Gasteiger partial charge < -0.3 is 5.32 Å². The van der Waals surface area contributed by atoms with Crippen LogP contribution in [0.25, 0.3) is 0 Å². The van der Waals surface area contributed by atoms with Gasteiger partial charge in [-0.15, -0.1) is 11.6 Å². The van der Waals surface area contributed by atoms with Crippen molar-refractivity contribution in [1.82, 2.24) is 4.98 Å². The van der Waals surface area contributed by atoms with Gasteiger partial charge in [-0.1, -0.05) is 13.8 Å². The summed E-state index contributed by atoms with van der Waals surface area (Å²) in [5.41, 5.74) is 1.17. The Morgan fingerprint density at radius 1 is 1.53 bits per heavy atom. The zero-order valence-corrected chi connectivity index (χ0v) is 11.6. The number of pyridine rings is 1. The van der Waals surface area contributed by atoms with Crippen LogP contribution in [0.2, 0.25) is 0 Å². The van der Waals surface area contributed by atoms with Gasteiger partial charge in [0.2, 0.25) is 0 Å². The van der Waals surface area contributed by atoms with Crippen molar-refractivity contribution in [2.24, 2.45) is 5.92 Å². The summed E-state index contributed by atoms with van der Waals surface area (Å²) in [6, 6.07) is 2.22. The summed E-state index contributed by atoms with van der Waals surface area (Å²) in [6.07, 6.45) is 1.80. The molecule has 1 aromatic rings. The lowest BCUT2D eigenvalue weighted by atomic mass is 10.1. The lowest BCUT2D eigenvalue weighted by Gasteiger charge is -2.21. The lowest BCUT2D eigenvalue weighted by molar-refractivity contribution is 0.562. The van der Waals surface area contributed by atoms with E-state index in [0.717, 1.165) is 10.3 Å². The molecule has 0 bridgehead atoms. The predicted octanol–water partition coefficient (Wildman–Crippen LogP) is 3.83. The number of nitrogens with one attached hydrogen (secondary N) is 1. The van der Waals surface area contributed by atoms with Crippen LogP contribution in [0.4, 0.5) is 5.82 Å². The van der Waals surface area contributed by atoms with Crippen molar-refractivity contribution < 1.29 is 0 Å². The third-order valence-electron chi connectivity index (χ3n) is 2.38. The molecule has 0 aromatic carbocycles. The number of hydrogen-bond acceptors (Lipinski definition) is 2. The van der Waals surface area contributed by atoms with Crippen LogP contribution in [0.15, 0.2) is 16.7 Å². The van der Waals surface area contributed by atoms with E-state index in [4.69, 9.17) is 11.6 Å². The average Bonchev–Trinajstić information content (AvgIpc) is 2.19. The largest absolute Gasteiger partial charge is 0.365 e. The molecule has 2 nitrogen and oxygen atoms in total. The summed E-state index contributed by atoms with van der Waals surface area (Å²) in [5.74, 6) is 1.94. The second-order valence-corrected chi connectivity index (χ2v) is 5.04. The molecule has 1 N–H and O–H groups in total. The van der Waals surface area contributed by atoms with E-state index in [1.807, 2.05) is 13.0 Å². The van der Waals surface area contributed by atoms with Gasteiger partial charge in [0, 0.05) is 18.1 Å². The molecule has 0 aliphatic rings. The first kappa shape index (κ1) is 12.8. The number of halogens is 2. The molecule has 0 aliphatic heterocycles. The SMILES string of the molecule is Cc1ccnc(NC(CCl)C(C)C)c1Br. The van der Waals surface area contributed by atoms with Gasteiger partial charge in [-0.2, -0.15) is 0 Å². The minimum absolute atomic E-state index is 0.247. The highest BCUT2D eigenvalue weighted by molar-refractivity contribution is 9.10. The fourth-order valence-corrected chi connectivity index (χ4v) is 1.98. The van der Waals surface area contributed by atoms with Crippen molar-refractivity contribution in [3.63, 3.8) is 0 Å². The van der Waals surface area contributed by atoms with Crippen molar-refractivity contribution in [1.29, 1.82) is 0 Å². The first-order valence-corrected chi connectivity index (χ1v) is 6.32. The number of aromatic nitrogens is 1. The second-order valence-electron chi connectivity index (χ2n) is 3.94. The van der Waals surface area contributed by atoms with E-state index in [0.29, 0.717) is 11.8 Å². The monoisotopic (exact) mass is 290 g/mol. The van der Waals surface area contributed by atoms with Gasteiger partial charge >= 0.3 is 0 Å². The third kappa shape index (κ3) is 3.35. The summed E-state index contributed by atoms with van der Waals surface area (Å²) >= 11 is 9.42. The molecule has 1 rings (SSSR count). The van der Waals surface area contributed by atoms with Gasteiger partial charge in [-0.25, -0.2) is 4.98 Å². The Labute approximate surface area is 105 Å². The maximum Gasteiger partial charge on any atom is 0.140 e. The highest BCUT2D eigenvalue weighted by Gasteiger charge is 2.14. The topological polar surface area (TPSA) is 24.9 Å². The number of anilines is 1. The second kappa shape index (κ2) is 5.71. The molecular formula is C11H16BrClN2. The first-order chi connectivity index (χ1) is 7.06. The zero-order valence-electron chi connectivity index (χ0n) is 9.22. The molecule has 1 heterocycles. The number of alkyl halides is 1. The van der Waals surface area contributed by atoms with Gasteiger partial charge in [0.25, 0.3) is 0 Å². The van der Waals surface area contributed by atoms with Crippen LogP contribution in [-0.2, 0) is 0 Å². The highest BCUT2D eigenvalue weighted by atomic mass is 79.9. The van der Waals surface area contributed by atoms with E-state index in [1.54, 1.807) is 6.20 Å². The van der Waals surface area contributed by atoms with Crippen LogP contribution < -0.4 is 5.32 Å². The maximum atomic E-state index is 5.90. The maximum absolute atomic E-state index is 5.90. The van der Waals surface area contributed by atoms with Gasteiger partial charge in [0.05, 0.1) is 4.47 Å². The molecule has 0 aliphatic carbocycles. The summed E-state index contributed by atoms with van der Waals surface area (Å²) in [7, 11) is 0. The molecule has 0 amide bonds. The molecule has 1 atom stereocenters. The van der Waals surface area contributed by atoms with Crippen LogP contribution in [-0.4, -0.2) is 16.9 Å². The van der Waals surface area contributed by atoms with E-state index in [2.05, 4.69) is 40.1 Å². The standard InChI is InChI=1S/C11H16BrClN2/c1-7(2)9(6-13)15-11-10(12)8(3)4-5-14-11/h4-5,7,9H,6H2,1-3H3,(H,14,15). The minimum Gasteiger partial charge on any atom is -0.365 e. The Bertz CT molecular complexity index is 328. The van der Waals surface area contributed by atoms with E-state index < -0.39 is 0 Å². The Balaban J connectivity index is 2.84. The van der Waals surface area contributed by atoms with E-state index in [-0.39, 0.29) is 6.04 Å². The molecule has 84 valence electrons. The molecule has 0 saturated heterocycles. The van der Waals surface area contributed by atoms with Crippen LogP contribution in [0.3, 0.4) is 0 Å². The van der Waals surface area contributed by atoms with E-state index in [9.17, 15) is 0 Å². The molecule has 1 unspecified atom stereocenters. The molecular weight excluding hydrogens is 275 g/mol. The lowest BCUT2D eigenvalue weighted by Crippen LogP contribution is -2.28. The molecule has 0 spiro atoms. The number of aryl methyl sites for hydroxylation is 1.